The molecule has 1 aliphatic heterocycles. The van der Waals surface area contributed by atoms with Gasteiger partial charge in [0, 0.05) is 37.6 Å². The number of thiophene rings is 1. The molecule has 1 aromatic rings. The van der Waals surface area contributed by atoms with Crippen molar-refractivity contribution in [2.45, 2.75) is 6.54 Å². The summed E-state index contributed by atoms with van der Waals surface area (Å²) in [5, 5.41) is 4.59. The van der Waals surface area contributed by atoms with E-state index in [2.05, 4.69) is 27.7 Å². The molecule has 1 aliphatic rings. The number of hydrogen-bond donors (Lipinski definition) is 2. The Balaban J connectivity index is 0.00000220. The summed E-state index contributed by atoms with van der Waals surface area (Å²) in [7, 11) is 0. The lowest BCUT2D eigenvalue weighted by Crippen LogP contribution is -2.51. The minimum atomic E-state index is -0.297. The van der Waals surface area contributed by atoms with E-state index in [1.54, 1.807) is 16.2 Å². The van der Waals surface area contributed by atoms with Crippen LogP contribution in [0.1, 0.15) is 4.88 Å². The summed E-state index contributed by atoms with van der Waals surface area (Å²) in [6, 6.07) is 4.18. The minimum Gasteiger partial charge on any atom is -0.346 e. The maximum absolute atomic E-state index is 11.9. The average molecular weight is 369 g/mol. The van der Waals surface area contributed by atoms with Gasteiger partial charge in [-0.2, -0.15) is 0 Å². The molecule has 3 N–H and O–H groups in total. The van der Waals surface area contributed by atoms with Crippen molar-refractivity contribution in [3.63, 3.8) is 0 Å². The van der Waals surface area contributed by atoms with Gasteiger partial charge in [0.1, 0.15) is 0 Å². The summed E-state index contributed by atoms with van der Waals surface area (Å²) in [4.78, 5) is 28.4. The highest BCUT2D eigenvalue weighted by molar-refractivity contribution is 7.09. The number of nitrogens with two attached hydrogens (primary N) is 1. The molecule has 0 bridgehead atoms. The third kappa shape index (κ3) is 6.50. The van der Waals surface area contributed by atoms with E-state index in [0.717, 1.165) is 19.6 Å². The lowest BCUT2D eigenvalue weighted by Gasteiger charge is -2.34. The molecule has 0 aliphatic carbocycles. The van der Waals surface area contributed by atoms with Crippen molar-refractivity contribution in [1.82, 2.24) is 15.1 Å². The topological polar surface area (TPSA) is 78.7 Å². The van der Waals surface area contributed by atoms with Gasteiger partial charge in [0.2, 0.25) is 11.8 Å². The van der Waals surface area contributed by atoms with E-state index in [-0.39, 0.29) is 49.7 Å². The van der Waals surface area contributed by atoms with E-state index in [1.165, 1.54) is 4.88 Å². The van der Waals surface area contributed by atoms with Crippen LogP contribution >= 0.6 is 36.2 Å². The molecular formula is C13H22Cl2N4O2S. The molecule has 0 aromatic carbocycles. The summed E-state index contributed by atoms with van der Waals surface area (Å²) >= 11 is 1.76. The van der Waals surface area contributed by atoms with Crippen molar-refractivity contribution in [2.75, 3.05) is 39.3 Å². The van der Waals surface area contributed by atoms with E-state index in [1.807, 2.05) is 0 Å². The molecule has 1 fully saturated rings. The van der Waals surface area contributed by atoms with Gasteiger partial charge in [0.05, 0.1) is 13.1 Å². The number of piperazine rings is 1. The number of rotatable bonds is 5. The zero-order valence-electron chi connectivity index (χ0n) is 12.2. The molecule has 1 aromatic heterocycles. The lowest BCUT2D eigenvalue weighted by molar-refractivity contribution is -0.134. The van der Waals surface area contributed by atoms with Gasteiger partial charge in [-0.05, 0) is 11.4 Å². The number of carbonyl (C=O) groups is 2. The van der Waals surface area contributed by atoms with Crippen molar-refractivity contribution in [2.24, 2.45) is 5.73 Å². The summed E-state index contributed by atoms with van der Waals surface area (Å²) < 4.78 is 0. The van der Waals surface area contributed by atoms with Crippen LogP contribution in [-0.4, -0.2) is 60.9 Å². The number of nitrogens with zero attached hydrogens (tertiary/aromatic N) is 2. The predicted molar refractivity (Wildman–Crippen MR) is 92.7 cm³/mol. The first kappa shape index (κ1) is 21.1. The molecule has 2 heterocycles. The normalized spacial score (nSPS) is 14.7. The maximum atomic E-state index is 11.9. The summed E-state index contributed by atoms with van der Waals surface area (Å²) in [6.45, 7) is 4.07. The van der Waals surface area contributed by atoms with Gasteiger partial charge in [-0.3, -0.25) is 14.5 Å². The zero-order chi connectivity index (χ0) is 14.4. The summed E-state index contributed by atoms with van der Waals surface area (Å²) in [5.41, 5.74) is 5.18. The molecule has 2 rings (SSSR count). The van der Waals surface area contributed by atoms with Gasteiger partial charge < -0.3 is 16.0 Å². The number of nitrogens with one attached hydrogen (secondary N) is 1. The molecule has 6 nitrogen and oxygen atoms in total. The van der Waals surface area contributed by atoms with Crippen molar-refractivity contribution < 1.29 is 9.59 Å². The molecule has 126 valence electrons. The van der Waals surface area contributed by atoms with Crippen molar-refractivity contribution in [3.05, 3.63) is 22.4 Å². The Morgan fingerprint density at radius 1 is 1.23 bits per heavy atom. The molecule has 0 atom stereocenters. The number of halogens is 2. The fraction of sp³-hybridized carbons (Fsp3) is 0.538. The van der Waals surface area contributed by atoms with E-state index in [9.17, 15) is 9.59 Å². The fourth-order valence-electron chi connectivity index (χ4n) is 2.14. The second-order valence-electron chi connectivity index (χ2n) is 4.72. The van der Waals surface area contributed by atoms with Crippen LogP contribution in [-0.2, 0) is 16.1 Å². The number of hydrogen-bond acceptors (Lipinski definition) is 5. The van der Waals surface area contributed by atoms with Gasteiger partial charge in [-0.15, -0.1) is 36.2 Å². The largest absolute Gasteiger partial charge is 0.346 e. The van der Waals surface area contributed by atoms with Crippen LogP contribution in [0.5, 0.6) is 0 Å². The SMILES string of the molecule is Cl.Cl.NCC(=O)NCC(=O)N1CCN(Cc2cccs2)CC1. The average Bonchev–Trinajstić information content (AvgIpc) is 2.98. The van der Waals surface area contributed by atoms with E-state index in [0.29, 0.717) is 13.1 Å². The second-order valence-corrected chi connectivity index (χ2v) is 5.75. The van der Waals surface area contributed by atoms with Crippen molar-refractivity contribution >= 4 is 48.0 Å². The van der Waals surface area contributed by atoms with Crippen LogP contribution in [0.3, 0.4) is 0 Å². The van der Waals surface area contributed by atoms with E-state index >= 15 is 0 Å². The van der Waals surface area contributed by atoms with Gasteiger partial charge in [-0.25, -0.2) is 0 Å². The molecule has 9 heteroatoms. The molecule has 0 spiro atoms. The monoisotopic (exact) mass is 368 g/mol. The predicted octanol–water partition coefficient (Wildman–Crippen LogP) is 0.311. The third-order valence-corrected chi connectivity index (χ3v) is 4.17. The Bertz CT molecular complexity index is 451. The number of amides is 2. The molecule has 0 radical (unpaired) electrons. The smallest absolute Gasteiger partial charge is 0.242 e. The zero-order valence-corrected chi connectivity index (χ0v) is 14.6. The van der Waals surface area contributed by atoms with Crippen LogP contribution in [0.4, 0.5) is 0 Å². The minimum absolute atomic E-state index is 0. The second kappa shape index (κ2) is 10.8. The molecule has 22 heavy (non-hydrogen) atoms. The highest BCUT2D eigenvalue weighted by atomic mass is 35.5. The molecule has 0 saturated carbocycles. The Labute approximate surface area is 146 Å². The van der Waals surface area contributed by atoms with Crippen LogP contribution in [0.15, 0.2) is 17.5 Å². The Morgan fingerprint density at radius 2 is 1.91 bits per heavy atom. The van der Waals surface area contributed by atoms with Crippen molar-refractivity contribution in [1.29, 1.82) is 0 Å². The Hall–Kier alpha value is -0.860. The van der Waals surface area contributed by atoms with Crippen LogP contribution in [0.2, 0.25) is 0 Å². The summed E-state index contributed by atoms with van der Waals surface area (Å²) in [5.74, 6) is -0.336. The van der Waals surface area contributed by atoms with Gasteiger partial charge in [-0.1, -0.05) is 6.07 Å². The van der Waals surface area contributed by atoms with Crippen molar-refractivity contribution in [3.8, 4) is 0 Å². The Morgan fingerprint density at radius 3 is 2.45 bits per heavy atom. The van der Waals surface area contributed by atoms with Crippen LogP contribution in [0, 0.1) is 0 Å². The quantitative estimate of drug-likeness (QED) is 0.783. The van der Waals surface area contributed by atoms with Crippen LogP contribution in [0.25, 0.3) is 0 Å². The lowest BCUT2D eigenvalue weighted by atomic mass is 10.3. The highest BCUT2D eigenvalue weighted by Gasteiger charge is 2.21. The molecular weight excluding hydrogens is 347 g/mol. The third-order valence-electron chi connectivity index (χ3n) is 3.31. The highest BCUT2D eigenvalue weighted by Crippen LogP contribution is 2.13. The summed E-state index contributed by atoms with van der Waals surface area (Å²) in [6.07, 6.45) is 0. The Kier molecular flexibility index (Phi) is 10.4. The van der Waals surface area contributed by atoms with Crippen LogP contribution < -0.4 is 11.1 Å². The van der Waals surface area contributed by atoms with Gasteiger partial charge >= 0.3 is 0 Å². The number of carbonyl (C=O) groups excluding carboxylic acids is 2. The first-order valence-electron chi connectivity index (χ1n) is 6.68. The first-order valence-corrected chi connectivity index (χ1v) is 7.56. The van der Waals surface area contributed by atoms with Gasteiger partial charge in [0.25, 0.3) is 0 Å². The maximum Gasteiger partial charge on any atom is 0.242 e. The van der Waals surface area contributed by atoms with E-state index < -0.39 is 0 Å². The standard InChI is InChI=1S/C13H20N4O2S.2ClH/c14-8-12(18)15-9-13(19)17-5-3-16(4-6-17)10-11-2-1-7-20-11;;/h1-2,7H,3-6,8-10,14H2,(H,15,18);2*1H. The molecule has 2 amide bonds. The molecule has 1 saturated heterocycles. The fourth-order valence-corrected chi connectivity index (χ4v) is 2.88. The van der Waals surface area contributed by atoms with E-state index in [4.69, 9.17) is 5.73 Å². The van der Waals surface area contributed by atoms with Gasteiger partial charge in [0.15, 0.2) is 0 Å². The molecule has 0 unspecified atom stereocenters. The first-order chi connectivity index (χ1) is 9.69.